The van der Waals surface area contributed by atoms with E-state index in [1.54, 1.807) is 49.6 Å². The Morgan fingerprint density at radius 1 is 1.11 bits per heavy atom. The van der Waals surface area contributed by atoms with Crippen molar-refractivity contribution in [3.63, 3.8) is 0 Å². The summed E-state index contributed by atoms with van der Waals surface area (Å²) in [6, 6.07) is 12.5. The van der Waals surface area contributed by atoms with Crippen molar-refractivity contribution in [2.24, 2.45) is 5.73 Å². The van der Waals surface area contributed by atoms with Gasteiger partial charge < -0.3 is 15.2 Å². The third kappa shape index (κ3) is 3.16. The first-order valence-corrected chi connectivity index (χ1v) is 6.30. The van der Waals surface area contributed by atoms with Gasteiger partial charge >= 0.3 is 0 Å². The van der Waals surface area contributed by atoms with E-state index in [1.807, 2.05) is 0 Å². The maximum Gasteiger partial charge on any atom is 0.139 e. The van der Waals surface area contributed by atoms with Gasteiger partial charge in [0.15, 0.2) is 0 Å². The molecule has 5 heteroatoms. The second-order valence-electron chi connectivity index (χ2n) is 3.75. The van der Waals surface area contributed by atoms with Crippen LogP contribution in [0, 0.1) is 0 Å². The van der Waals surface area contributed by atoms with Gasteiger partial charge in [-0.25, -0.2) is 0 Å². The molecule has 0 aliphatic rings. The van der Waals surface area contributed by atoms with Gasteiger partial charge in [-0.05, 0) is 36.4 Å². The molecule has 98 valence electrons. The lowest BCUT2D eigenvalue weighted by atomic mass is 10.2. The Balaban J connectivity index is 2.32. The molecule has 0 heterocycles. The van der Waals surface area contributed by atoms with Gasteiger partial charge in [-0.1, -0.05) is 29.9 Å². The minimum atomic E-state index is 0.203. The second-order valence-corrected chi connectivity index (χ2v) is 4.60. The van der Waals surface area contributed by atoms with E-state index in [9.17, 15) is 0 Å². The summed E-state index contributed by atoms with van der Waals surface area (Å²) < 4.78 is 10.8. The van der Waals surface area contributed by atoms with Crippen molar-refractivity contribution < 1.29 is 9.47 Å². The van der Waals surface area contributed by atoms with E-state index in [1.165, 1.54) is 0 Å². The third-order valence-electron chi connectivity index (χ3n) is 2.51. The monoisotopic (exact) mass is 293 g/mol. The summed E-state index contributed by atoms with van der Waals surface area (Å²) in [6.07, 6.45) is 0. The fraction of sp³-hybridized carbons (Fsp3) is 0.0714. The molecule has 0 bridgehead atoms. The zero-order valence-corrected chi connectivity index (χ0v) is 11.8. The molecular formula is C14H12ClNO2S. The van der Waals surface area contributed by atoms with E-state index in [4.69, 9.17) is 39.0 Å². The average molecular weight is 294 g/mol. The second kappa shape index (κ2) is 5.91. The average Bonchev–Trinajstić information content (AvgIpc) is 2.39. The Morgan fingerprint density at radius 2 is 1.74 bits per heavy atom. The Morgan fingerprint density at radius 3 is 2.32 bits per heavy atom. The van der Waals surface area contributed by atoms with Crippen molar-refractivity contribution in [1.29, 1.82) is 0 Å². The molecule has 2 rings (SSSR count). The van der Waals surface area contributed by atoms with Crippen molar-refractivity contribution in [3.8, 4) is 17.2 Å². The standard InChI is InChI=1S/C14H12ClNO2S/c1-17-9-5-7-10(8-6-9)18-12-4-2-3-11(15)13(12)14(16)19/h2-8H,1H3,(H2,16,19). The van der Waals surface area contributed by atoms with Crippen LogP contribution in [0.5, 0.6) is 17.2 Å². The van der Waals surface area contributed by atoms with E-state index in [0.717, 1.165) is 5.75 Å². The van der Waals surface area contributed by atoms with E-state index >= 15 is 0 Å². The van der Waals surface area contributed by atoms with Gasteiger partial charge in [0.2, 0.25) is 0 Å². The number of hydrogen-bond donors (Lipinski definition) is 1. The van der Waals surface area contributed by atoms with Crippen molar-refractivity contribution in [2.75, 3.05) is 7.11 Å². The van der Waals surface area contributed by atoms with Gasteiger partial charge in [-0.2, -0.15) is 0 Å². The first kappa shape index (κ1) is 13.6. The zero-order valence-electron chi connectivity index (χ0n) is 10.2. The van der Waals surface area contributed by atoms with Gasteiger partial charge in [0, 0.05) is 0 Å². The van der Waals surface area contributed by atoms with Crippen molar-refractivity contribution in [2.45, 2.75) is 0 Å². The Hall–Kier alpha value is -1.78. The summed E-state index contributed by atoms with van der Waals surface area (Å²) in [5.74, 6) is 1.94. The van der Waals surface area contributed by atoms with Gasteiger partial charge in [-0.15, -0.1) is 0 Å². The molecule has 0 aliphatic heterocycles. The van der Waals surface area contributed by atoms with Gasteiger partial charge in [0.25, 0.3) is 0 Å². The summed E-state index contributed by atoms with van der Waals surface area (Å²) in [5, 5.41) is 0.471. The number of hydrogen-bond acceptors (Lipinski definition) is 3. The van der Waals surface area contributed by atoms with Crippen LogP contribution in [0.4, 0.5) is 0 Å². The molecule has 0 spiro atoms. The van der Waals surface area contributed by atoms with E-state index in [-0.39, 0.29) is 4.99 Å². The topological polar surface area (TPSA) is 44.5 Å². The number of thiocarbonyl (C=S) groups is 1. The molecular weight excluding hydrogens is 282 g/mol. The maximum absolute atomic E-state index is 6.07. The predicted molar refractivity (Wildman–Crippen MR) is 80.4 cm³/mol. The summed E-state index contributed by atoms with van der Waals surface area (Å²) in [7, 11) is 1.61. The van der Waals surface area contributed by atoms with Crippen molar-refractivity contribution >= 4 is 28.8 Å². The molecule has 0 saturated heterocycles. The highest BCUT2D eigenvalue weighted by Gasteiger charge is 2.11. The van der Waals surface area contributed by atoms with Crippen LogP contribution < -0.4 is 15.2 Å². The van der Waals surface area contributed by atoms with Gasteiger partial charge in [0.1, 0.15) is 22.2 Å². The molecule has 0 unspecified atom stereocenters. The van der Waals surface area contributed by atoms with Crippen LogP contribution in [0.25, 0.3) is 0 Å². The van der Waals surface area contributed by atoms with Gasteiger partial charge in [-0.3, -0.25) is 0 Å². The molecule has 19 heavy (non-hydrogen) atoms. The lowest BCUT2D eigenvalue weighted by Gasteiger charge is -2.11. The smallest absolute Gasteiger partial charge is 0.139 e. The molecule has 0 aliphatic carbocycles. The summed E-state index contributed by atoms with van der Waals surface area (Å²) in [4.78, 5) is 0.203. The van der Waals surface area contributed by atoms with Gasteiger partial charge in [0.05, 0.1) is 17.7 Å². The number of ether oxygens (including phenoxy) is 2. The molecule has 0 fully saturated rings. The van der Waals surface area contributed by atoms with E-state index in [2.05, 4.69) is 0 Å². The molecule has 0 amide bonds. The van der Waals surface area contributed by atoms with Crippen LogP contribution in [0.3, 0.4) is 0 Å². The third-order valence-corrected chi connectivity index (χ3v) is 3.03. The number of rotatable bonds is 4. The minimum Gasteiger partial charge on any atom is -0.497 e. The van der Waals surface area contributed by atoms with Crippen LogP contribution in [-0.4, -0.2) is 12.1 Å². The summed E-state index contributed by atoms with van der Waals surface area (Å²) >= 11 is 11.1. The lowest BCUT2D eigenvalue weighted by molar-refractivity contribution is 0.413. The molecule has 2 aromatic carbocycles. The molecule has 0 saturated carbocycles. The number of nitrogens with two attached hydrogens (primary N) is 1. The molecule has 0 atom stereocenters. The minimum absolute atomic E-state index is 0.203. The predicted octanol–water partition coefficient (Wildman–Crippen LogP) is 3.78. The molecule has 3 nitrogen and oxygen atoms in total. The van der Waals surface area contributed by atoms with Crippen LogP contribution in [0.15, 0.2) is 42.5 Å². The lowest BCUT2D eigenvalue weighted by Crippen LogP contribution is -2.11. The molecule has 0 radical (unpaired) electrons. The molecule has 2 aromatic rings. The highest BCUT2D eigenvalue weighted by molar-refractivity contribution is 7.80. The number of methoxy groups -OCH3 is 1. The van der Waals surface area contributed by atoms with E-state index < -0.39 is 0 Å². The largest absolute Gasteiger partial charge is 0.497 e. The quantitative estimate of drug-likeness (QED) is 0.872. The molecule has 2 N–H and O–H groups in total. The molecule has 0 aromatic heterocycles. The zero-order chi connectivity index (χ0) is 13.8. The van der Waals surface area contributed by atoms with Crippen molar-refractivity contribution in [3.05, 3.63) is 53.1 Å². The normalized spacial score (nSPS) is 10.0. The highest BCUT2D eigenvalue weighted by atomic mass is 35.5. The first-order chi connectivity index (χ1) is 9.11. The first-order valence-electron chi connectivity index (χ1n) is 5.52. The Labute approximate surface area is 121 Å². The van der Waals surface area contributed by atoms with Crippen LogP contribution in [0.2, 0.25) is 5.02 Å². The Kier molecular flexibility index (Phi) is 4.24. The fourth-order valence-electron chi connectivity index (χ4n) is 1.60. The van der Waals surface area contributed by atoms with Crippen LogP contribution >= 0.6 is 23.8 Å². The number of halogens is 1. The number of benzene rings is 2. The Bertz CT molecular complexity index is 599. The maximum atomic E-state index is 6.07. The fourth-order valence-corrected chi connectivity index (χ4v) is 2.13. The SMILES string of the molecule is COc1ccc(Oc2cccc(Cl)c2C(N)=S)cc1. The van der Waals surface area contributed by atoms with Crippen LogP contribution in [0.1, 0.15) is 5.56 Å². The van der Waals surface area contributed by atoms with E-state index in [0.29, 0.717) is 22.1 Å². The van der Waals surface area contributed by atoms with Crippen molar-refractivity contribution in [1.82, 2.24) is 0 Å². The van der Waals surface area contributed by atoms with Crippen LogP contribution in [-0.2, 0) is 0 Å². The highest BCUT2D eigenvalue weighted by Crippen LogP contribution is 2.31. The summed E-state index contributed by atoms with van der Waals surface area (Å²) in [6.45, 7) is 0. The summed E-state index contributed by atoms with van der Waals surface area (Å²) in [5.41, 5.74) is 6.20.